The Labute approximate surface area is 314 Å². The van der Waals surface area contributed by atoms with Gasteiger partial charge < -0.3 is 9.32 Å². The number of benzene rings is 9. The van der Waals surface area contributed by atoms with E-state index in [4.69, 9.17) is 4.42 Å². The van der Waals surface area contributed by atoms with Crippen LogP contribution in [0.4, 0.5) is 17.1 Å². The van der Waals surface area contributed by atoms with Crippen LogP contribution in [0.5, 0.6) is 0 Å². The molecule has 0 saturated carbocycles. The molecule has 254 valence electrons. The first-order chi connectivity index (χ1) is 26.8. The van der Waals surface area contributed by atoms with Gasteiger partial charge >= 0.3 is 0 Å². The van der Waals surface area contributed by atoms with Crippen LogP contribution in [0, 0.1) is 0 Å². The first-order valence-electron chi connectivity index (χ1n) is 18.4. The van der Waals surface area contributed by atoms with Crippen molar-refractivity contribution >= 4 is 49.8 Å². The highest BCUT2D eigenvalue weighted by atomic mass is 16.3. The van der Waals surface area contributed by atoms with Crippen molar-refractivity contribution in [3.05, 3.63) is 212 Å². The number of rotatable bonds is 7. The van der Waals surface area contributed by atoms with Gasteiger partial charge in [0, 0.05) is 33.2 Å². The minimum absolute atomic E-state index is 0.899. The molecule has 1 aromatic heterocycles. The molecule has 0 aliphatic heterocycles. The summed E-state index contributed by atoms with van der Waals surface area (Å²) in [6.45, 7) is 0. The number of hydrogen-bond acceptors (Lipinski definition) is 2. The third-order valence-corrected chi connectivity index (χ3v) is 10.5. The fourth-order valence-electron chi connectivity index (χ4n) is 7.80. The van der Waals surface area contributed by atoms with Crippen LogP contribution in [0.1, 0.15) is 0 Å². The van der Waals surface area contributed by atoms with Gasteiger partial charge in [-0.25, -0.2) is 0 Å². The van der Waals surface area contributed by atoms with Crippen molar-refractivity contribution in [2.75, 3.05) is 4.90 Å². The topological polar surface area (TPSA) is 16.4 Å². The van der Waals surface area contributed by atoms with E-state index in [1.54, 1.807) is 0 Å². The molecule has 2 nitrogen and oxygen atoms in total. The largest absolute Gasteiger partial charge is 0.456 e. The standard InChI is InChI=1S/C52H35NO/c1-4-11-36(12-5-1)39-19-27-44(28-20-39)53(45-29-21-40(22-30-45)37-13-6-2-7-14-37)46-31-23-41(24-32-46)47-18-10-17-42-26-34-49-52(51(42)47)48-33-25-43(35-50(48)54-49)38-15-8-3-9-16-38/h1-35H. The average Bonchev–Trinajstić information content (AvgIpc) is 3.64. The lowest BCUT2D eigenvalue weighted by molar-refractivity contribution is 0.669. The lowest BCUT2D eigenvalue weighted by Gasteiger charge is -2.26. The predicted molar refractivity (Wildman–Crippen MR) is 228 cm³/mol. The molecule has 0 atom stereocenters. The van der Waals surface area contributed by atoms with E-state index in [9.17, 15) is 0 Å². The molecule has 0 fully saturated rings. The summed E-state index contributed by atoms with van der Waals surface area (Å²) in [6, 6.07) is 75.7. The van der Waals surface area contributed by atoms with Crippen molar-refractivity contribution in [2.45, 2.75) is 0 Å². The quantitative estimate of drug-likeness (QED) is 0.166. The number of hydrogen-bond donors (Lipinski definition) is 0. The van der Waals surface area contributed by atoms with E-state index in [0.29, 0.717) is 0 Å². The highest BCUT2D eigenvalue weighted by Crippen LogP contribution is 2.42. The molecule has 0 amide bonds. The van der Waals surface area contributed by atoms with Crippen molar-refractivity contribution in [3.8, 4) is 44.5 Å². The molecular formula is C52H35NO. The third kappa shape index (κ3) is 5.71. The van der Waals surface area contributed by atoms with E-state index < -0.39 is 0 Å². The van der Waals surface area contributed by atoms with Gasteiger partial charge in [0.15, 0.2) is 0 Å². The summed E-state index contributed by atoms with van der Waals surface area (Å²) in [5.41, 5.74) is 14.6. The number of furan rings is 1. The number of anilines is 3. The average molecular weight is 690 g/mol. The van der Waals surface area contributed by atoms with Crippen molar-refractivity contribution in [3.63, 3.8) is 0 Å². The lowest BCUT2D eigenvalue weighted by Crippen LogP contribution is -2.09. The Hall–Kier alpha value is -7.16. The molecule has 10 rings (SSSR count). The molecule has 0 bridgehead atoms. The fraction of sp³-hybridized carbons (Fsp3) is 0. The maximum atomic E-state index is 6.53. The molecular weight excluding hydrogens is 655 g/mol. The van der Waals surface area contributed by atoms with E-state index in [2.05, 4.69) is 211 Å². The zero-order valence-electron chi connectivity index (χ0n) is 29.6. The summed E-state index contributed by atoms with van der Waals surface area (Å²) in [5, 5.41) is 4.68. The van der Waals surface area contributed by atoms with Gasteiger partial charge in [-0.1, -0.05) is 158 Å². The zero-order valence-corrected chi connectivity index (χ0v) is 29.6. The van der Waals surface area contributed by atoms with Crippen LogP contribution in [-0.2, 0) is 0 Å². The maximum Gasteiger partial charge on any atom is 0.136 e. The Morgan fingerprint density at radius 3 is 1.30 bits per heavy atom. The molecule has 2 heteroatoms. The van der Waals surface area contributed by atoms with Crippen LogP contribution in [0.25, 0.3) is 77.2 Å². The van der Waals surface area contributed by atoms with Crippen LogP contribution in [0.3, 0.4) is 0 Å². The van der Waals surface area contributed by atoms with Crippen LogP contribution in [0.2, 0.25) is 0 Å². The highest BCUT2D eigenvalue weighted by Gasteiger charge is 2.17. The second-order valence-corrected chi connectivity index (χ2v) is 13.7. The minimum atomic E-state index is 0.899. The molecule has 54 heavy (non-hydrogen) atoms. The molecule has 1 heterocycles. The van der Waals surface area contributed by atoms with Gasteiger partial charge in [-0.05, 0) is 104 Å². The second kappa shape index (κ2) is 13.4. The van der Waals surface area contributed by atoms with Crippen LogP contribution in [-0.4, -0.2) is 0 Å². The smallest absolute Gasteiger partial charge is 0.136 e. The highest BCUT2D eigenvalue weighted by molar-refractivity contribution is 6.23. The Morgan fingerprint density at radius 1 is 0.296 bits per heavy atom. The maximum absolute atomic E-state index is 6.53. The Balaban J connectivity index is 1.06. The first-order valence-corrected chi connectivity index (χ1v) is 18.4. The van der Waals surface area contributed by atoms with Gasteiger partial charge in [-0.2, -0.15) is 0 Å². The van der Waals surface area contributed by atoms with E-state index in [-0.39, 0.29) is 0 Å². The molecule has 9 aromatic carbocycles. The summed E-state index contributed by atoms with van der Waals surface area (Å²) in [7, 11) is 0. The zero-order chi connectivity index (χ0) is 35.8. The Bertz CT molecular complexity index is 2790. The predicted octanol–water partition coefficient (Wildman–Crippen LogP) is 14.9. The van der Waals surface area contributed by atoms with E-state index in [1.807, 2.05) is 6.07 Å². The van der Waals surface area contributed by atoms with Crippen molar-refractivity contribution in [1.29, 1.82) is 0 Å². The Morgan fingerprint density at radius 2 is 0.759 bits per heavy atom. The molecule has 10 aromatic rings. The molecule has 0 radical (unpaired) electrons. The van der Waals surface area contributed by atoms with Crippen LogP contribution < -0.4 is 4.90 Å². The van der Waals surface area contributed by atoms with Crippen LogP contribution in [0.15, 0.2) is 217 Å². The monoisotopic (exact) mass is 689 g/mol. The SMILES string of the molecule is c1ccc(-c2ccc(N(c3ccc(-c4ccccc4)cc3)c3ccc(-c4cccc5ccc6oc7cc(-c8ccccc8)ccc7c6c45)cc3)cc2)cc1. The molecule has 0 aliphatic carbocycles. The van der Waals surface area contributed by atoms with E-state index >= 15 is 0 Å². The Kier molecular flexibility index (Phi) is 7.85. The summed E-state index contributed by atoms with van der Waals surface area (Å²) in [5.74, 6) is 0. The van der Waals surface area contributed by atoms with Gasteiger partial charge in [0.25, 0.3) is 0 Å². The summed E-state index contributed by atoms with van der Waals surface area (Å²) in [6.07, 6.45) is 0. The molecule has 0 N–H and O–H groups in total. The van der Waals surface area contributed by atoms with E-state index in [0.717, 1.165) is 50.1 Å². The molecule has 0 aliphatic rings. The van der Waals surface area contributed by atoms with Gasteiger partial charge in [-0.15, -0.1) is 0 Å². The van der Waals surface area contributed by atoms with Crippen molar-refractivity contribution in [1.82, 2.24) is 0 Å². The van der Waals surface area contributed by atoms with Gasteiger partial charge in [-0.3, -0.25) is 0 Å². The molecule has 0 saturated heterocycles. The van der Waals surface area contributed by atoms with Crippen molar-refractivity contribution in [2.24, 2.45) is 0 Å². The summed E-state index contributed by atoms with van der Waals surface area (Å²) in [4.78, 5) is 2.34. The minimum Gasteiger partial charge on any atom is -0.456 e. The van der Waals surface area contributed by atoms with Gasteiger partial charge in [0.1, 0.15) is 11.2 Å². The molecule has 0 unspecified atom stereocenters. The number of nitrogens with zero attached hydrogens (tertiary/aromatic N) is 1. The van der Waals surface area contributed by atoms with Crippen molar-refractivity contribution < 1.29 is 4.42 Å². The summed E-state index contributed by atoms with van der Waals surface area (Å²) >= 11 is 0. The van der Waals surface area contributed by atoms with E-state index in [1.165, 1.54) is 44.2 Å². The third-order valence-electron chi connectivity index (χ3n) is 10.5. The molecule has 0 spiro atoms. The normalized spacial score (nSPS) is 11.3. The first kappa shape index (κ1) is 31.6. The lowest BCUT2D eigenvalue weighted by atomic mass is 9.94. The van der Waals surface area contributed by atoms with Crippen LogP contribution >= 0.6 is 0 Å². The van der Waals surface area contributed by atoms with Gasteiger partial charge in [0.05, 0.1) is 0 Å². The summed E-state index contributed by atoms with van der Waals surface area (Å²) < 4.78 is 6.53. The van der Waals surface area contributed by atoms with Gasteiger partial charge in [0.2, 0.25) is 0 Å². The second-order valence-electron chi connectivity index (χ2n) is 13.7. The fourth-order valence-corrected chi connectivity index (χ4v) is 7.80. The number of fused-ring (bicyclic) bond motifs is 5.